The number of carbonyl (C=O) groups is 1. The molecule has 2 atom stereocenters. The summed E-state index contributed by atoms with van der Waals surface area (Å²) in [6, 6.07) is 6.54. The number of aromatic nitrogens is 4. The lowest BCUT2D eigenvalue weighted by Crippen LogP contribution is -2.62. The Balaban J connectivity index is 1.63. The molecule has 1 N–H and O–H groups in total. The molecule has 1 fully saturated rings. The number of aryl methyl sites for hydroxylation is 3. The topological polar surface area (TPSA) is 105 Å². The molecule has 0 saturated carbocycles. The molecule has 0 aliphatic carbocycles. The van der Waals surface area contributed by atoms with E-state index in [0.29, 0.717) is 57.7 Å². The average molecular weight is 671 g/mol. The van der Waals surface area contributed by atoms with Gasteiger partial charge in [-0.05, 0) is 62.1 Å². The number of nitrogens with zero attached hydrogens (tertiary/aromatic N) is 5. The van der Waals surface area contributed by atoms with Gasteiger partial charge in [0.1, 0.15) is 6.61 Å². The van der Waals surface area contributed by atoms with Crippen LogP contribution in [-0.2, 0) is 11.8 Å². The summed E-state index contributed by atoms with van der Waals surface area (Å²) in [4.78, 5) is 51.5. The molecule has 5 aromatic rings. The normalized spacial score (nSPS) is 17.5. The van der Waals surface area contributed by atoms with E-state index in [9.17, 15) is 14.4 Å². The SMILES string of the molecule is C=CC(=O)N1CC2COc3c(c4cc(Cl)c(-c5c(C)ccc6[nH]c(=O)n(C)c56)c(F)c4n(-c4c(C)ccnc4C(C)C)c3=O)N2CC1C. The maximum atomic E-state index is 17.9. The van der Waals surface area contributed by atoms with Crippen molar-refractivity contribution in [3.05, 3.63) is 91.6 Å². The zero-order valence-corrected chi connectivity index (χ0v) is 28.4. The molecule has 5 heterocycles. The Morgan fingerprint density at radius 3 is 2.58 bits per heavy atom. The second kappa shape index (κ2) is 11.4. The highest BCUT2D eigenvalue weighted by molar-refractivity contribution is 6.35. The molecule has 2 aliphatic heterocycles. The summed E-state index contributed by atoms with van der Waals surface area (Å²) < 4.78 is 26.9. The van der Waals surface area contributed by atoms with E-state index in [1.807, 2.05) is 39.5 Å². The van der Waals surface area contributed by atoms with Gasteiger partial charge in [-0.15, -0.1) is 0 Å². The summed E-state index contributed by atoms with van der Waals surface area (Å²) in [6.07, 6.45) is 2.97. The van der Waals surface area contributed by atoms with Gasteiger partial charge in [0, 0.05) is 48.9 Å². The number of imidazole rings is 1. The summed E-state index contributed by atoms with van der Waals surface area (Å²) in [7, 11) is 1.62. The zero-order chi connectivity index (χ0) is 34.3. The van der Waals surface area contributed by atoms with Crippen LogP contribution in [0.4, 0.5) is 10.1 Å². The number of benzene rings is 2. The molecule has 0 spiro atoms. The lowest BCUT2D eigenvalue weighted by atomic mass is 9.94. The summed E-state index contributed by atoms with van der Waals surface area (Å²) in [5, 5.41) is 0.501. The molecule has 2 aromatic carbocycles. The maximum Gasteiger partial charge on any atom is 0.326 e. The van der Waals surface area contributed by atoms with Gasteiger partial charge in [0.15, 0.2) is 5.82 Å². The fourth-order valence-corrected chi connectivity index (χ4v) is 7.68. The van der Waals surface area contributed by atoms with Crippen molar-refractivity contribution < 1.29 is 13.9 Å². The van der Waals surface area contributed by atoms with E-state index in [0.717, 1.165) is 5.56 Å². The van der Waals surface area contributed by atoms with Gasteiger partial charge in [0.25, 0.3) is 5.56 Å². The third-order valence-electron chi connectivity index (χ3n) is 9.73. The first kappa shape index (κ1) is 31.7. The van der Waals surface area contributed by atoms with Crippen LogP contribution in [0, 0.1) is 19.7 Å². The second-order valence-corrected chi connectivity index (χ2v) is 13.5. The molecule has 2 unspecified atom stereocenters. The summed E-state index contributed by atoms with van der Waals surface area (Å²) in [5.74, 6) is -0.916. The molecule has 12 heteroatoms. The van der Waals surface area contributed by atoms with Crippen molar-refractivity contribution in [2.45, 2.75) is 52.6 Å². The Hall–Kier alpha value is -4.90. The number of aromatic amines is 1. The van der Waals surface area contributed by atoms with E-state index in [-0.39, 0.29) is 58.1 Å². The molecule has 10 nitrogen and oxygen atoms in total. The molecular weight excluding hydrogens is 635 g/mol. The third-order valence-corrected chi connectivity index (χ3v) is 10.0. The monoisotopic (exact) mass is 670 g/mol. The predicted molar refractivity (Wildman–Crippen MR) is 186 cm³/mol. The molecule has 3 aromatic heterocycles. The number of hydrogen-bond acceptors (Lipinski definition) is 6. The van der Waals surface area contributed by atoms with Crippen molar-refractivity contribution in [2.24, 2.45) is 7.05 Å². The number of rotatable bonds is 4. The molecule has 1 saturated heterocycles. The Labute approximate surface area is 281 Å². The van der Waals surface area contributed by atoms with E-state index >= 15 is 4.39 Å². The van der Waals surface area contributed by atoms with E-state index < -0.39 is 11.4 Å². The summed E-state index contributed by atoms with van der Waals surface area (Å²) in [6.45, 7) is 14.1. The number of ether oxygens (including phenoxy) is 1. The largest absolute Gasteiger partial charge is 0.484 e. The fourth-order valence-electron chi connectivity index (χ4n) is 7.39. The van der Waals surface area contributed by atoms with Crippen molar-refractivity contribution in [1.82, 2.24) is 24.0 Å². The summed E-state index contributed by atoms with van der Waals surface area (Å²) >= 11 is 7.09. The molecule has 0 bridgehead atoms. The molecule has 7 rings (SSSR count). The minimum Gasteiger partial charge on any atom is -0.484 e. The lowest BCUT2D eigenvalue weighted by Gasteiger charge is -2.48. The molecular formula is C36H36ClFN6O4. The van der Waals surface area contributed by atoms with Crippen LogP contribution < -0.4 is 20.9 Å². The Kier molecular flexibility index (Phi) is 7.50. The van der Waals surface area contributed by atoms with Crippen molar-refractivity contribution in [2.75, 3.05) is 24.6 Å². The molecule has 248 valence electrons. The molecule has 2 aliphatic rings. The van der Waals surface area contributed by atoms with Gasteiger partial charge in [0.2, 0.25) is 11.7 Å². The van der Waals surface area contributed by atoms with Crippen molar-refractivity contribution in [3.8, 4) is 22.6 Å². The third kappa shape index (κ3) is 4.51. The molecule has 0 radical (unpaired) electrons. The Morgan fingerprint density at radius 1 is 1.12 bits per heavy atom. The lowest BCUT2D eigenvalue weighted by molar-refractivity contribution is -0.129. The van der Waals surface area contributed by atoms with E-state index in [2.05, 4.69) is 16.5 Å². The van der Waals surface area contributed by atoms with Gasteiger partial charge in [-0.2, -0.15) is 0 Å². The van der Waals surface area contributed by atoms with E-state index in [4.69, 9.17) is 16.3 Å². The van der Waals surface area contributed by atoms with Crippen LogP contribution in [0.3, 0.4) is 0 Å². The minimum absolute atomic E-state index is 0.0228. The highest BCUT2D eigenvalue weighted by Gasteiger charge is 2.41. The standard InChI is InChI=1S/C36H36ClFN6O4/c1-8-25(45)42-15-21-16-48-34-32(43(21)14-20(42)6)22-13-23(37)27(26-18(4)9-10-24-33(26)41(7)36(47)40-24)28(38)31(22)44(35(34)46)30-19(5)11-12-39-29(30)17(2)3/h8-13,17,20-21H,1,14-16H2,2-7H3,(H,40,47). The molecule has 1 amide bonds. The number of nitrogens with one attached hydrogen (secondary N) is 1. The van der Waals surface area contributed by atoms with E-state index in [1.165, 1.54) is 15.2 Å². The number of fused-ring (bicyclic) bond motifs is 6. The van der Waals surface area contributed by atoms with Crippen LogP contribution in [0.5, 0.6) is 5.75 Å². The predicted octanol–water partition coefficient (Wildman–Crippen LogP) is 5.75. The minimum atomic E-state index is -0.713. The number of carbonyl (C=O) groups excluding carboxylic acids is 1. The van der Waals surface area contributed by atoms with Gasteiger partial charge in [-0.3, -0.25) is 23.7 Å². The number of piperazine rings is 1. The van der Waals surface area contributed by atoms with Gasteiger partial charge in [-0.1, -0.05) is 38.1 Å². The average Bonchev–Trinajstić information content (AvgIpc) is 3.34. The maximum absolute atomic E-state index is 17.9. The number of H-pyrrole nitrogens is 1. The highest BCUT2D eigenvalue weighted by atomic mass is 35.5. The van der Waals surface area contributed by atoms with Crippen molar-refractivity contribution in [3.63, 3.8) is 0 Å². The Bertz CT molecular complexity index is 2320. The first-order valence-electron chi connectivity index (χ1n) is 15.9. The smallest absolute Gasteiger partial charge is 0.326 e. The number of halogens is 2. The van der Waals surface area contributed by atoms with Crippen LogP contribution >= 0.6 is 11.6 Å². The van der Waals surface area contributed by atoms with Crippen LogP contribution in [0.25, 0.3) is 38.8 Å². The van der Waals surface area contributed by atoms with Gasteiger partial charge in [-0.25, -0.2) is 9.18 Å². The van der Waals surface area contributed by atoms with Crippen LogP contribution in [0.1, 0.15) is 43.5 Å². The quantitative estimate of drug-likeness (QED) is 0.244. The number of hydrogen-bond donors (Lipinski definition) is 1. The van der Waals surface area contributed by atoms with Gasteiger partial charge in [0.05, 0.1) is 44.7 Å². The van der Waals surface area contributed by atoms with E-state index in [1.54, 1.807) is 42.4 Å². The number of anilines is 1. The Morgan fingerprint density at radius 2 is 1.88 bits per heavy atom. The second-order valence-electron chi connectivity index (χ2n) is 13.1. The van der Waals surface area contributed by atoms with Crippen molar-refractivity contribution >= 4 is 45.1 Å². The highest BCUT2D eigenvalue weighted by Crippen LogP contribution is 2.47. The van der Waals surface area contributed by atoms with Crippen molar-refractivity contribution in [1.29, 1.82) is 0 Å². The van der Waals surface area contributed by atoms with Crippen LogP contribution in [0.15, 0.2) is 52.7 Å². The van der Waals surface area contributed by atoms with Gasteiger partial charge < -0.3 is 19.5 Å². The fraction of sp³-hybridized carbons (Fsp3) is 0.333. The first-order valence-corrected chi connectivity index (χ1v) is 16.3. The van der Waals surface area contributed by atoms with Crippen LogP contribution in [0.2, 0.25) is 5.02 Å². The summed E-state index contributed by atoms with van der Waals surface area (Å²) in [5.41, 5.74) is 3.66. The zero-order valence-electron chi connectivity index (χ0n) is 27.6. The first-order chi connectivity index (χ1) is 22.8. The number of amides is 1. The van der Waals surface area contributed by atoms with Gasteiger partial charge >= 0.3 is 5.69 Å². The van der Waals surface area contributed by atoms with Crippen LogP contribution in [-0.4, -0.2) is 61.7 Å². The number of pyridine rings is 2. The molecule has 48 heavy (non-hydrogen) atoms.